The summed E-state index contributed by atoms with van der Waals surface area (Å²) < 4.78 is 22.2. The van der Waals surface area contributed by atoms with E-state index in [-0.39, 0.29) is 51.8 Å². The SMILES string of the molecule is CC.CN=C[C@H](C[C@H](C(=O)OC)C(C)C)O[Si](C)(C)C(C)(C)C.COC(=O)[C@@H](C[C@@H](C#N)O[Si](C)(C)C(C)(C)C)C(C)C. The van der Waals surface area contributed by atoms with Crippen LogP contribution in [0.4, 0.5) is 0 Å². The molecule has 0 aromatic carbocycles. The van der Waals surface area contributed by atoms with Crippen molar-refractivity contribution in [1.82, 2.24) is 0 Å². The summed E-state index contributed by atoms with van der Waals surface area (Å²) in [6.07, 6.45) is 2.14. The molecule has 0 aromatic rings. The van der Waals surface area contributed by atoms with E-state index in [0.717, 1.165) is 0 Å². The van der Waals surface area contributed by atoms with Crippen LogP contribution in [0, 0.1) is 35.0 Å². The fourth-order valence-electron chi connectivity index (χ4n) is 3.59. The van der Waals surface area contributed by atoms with Crippen LogP contribution in [-0.2, 0) is 27.9 Å². The molecule has 0 heterocycles. The highest BCUT2D eigenvalue weighted by molar-refractivity contribution is 6.74. The van der Waals surface area contributed by atoms with Crippen molar-refractivity contribution in [3.63, 3.8) is 0 Å². The highest BCUT2D eigenvalue weighted by atomic mass is 28.4. The van der Waals surface area contributed by atoms with E-state index in [1.54, 1.807) is 7.05 Å². The first-order chi connectivity index (χ1) is 19.4. The normalized spacial score (nSPS) is 15.3. The van der Waals surface area contributed by atoms with Gasteiger partial charge < -0.3 is 18.3 Å². The van der Waals surface area contributed by atoms with E-state index in [1.165, 1.54) is 14.2 Å². The molecule has 8 nitrogen and oxygen atoms in total. The number of hydrogen-bond acceptors (Lipinski definition) is 8. The predicted octanol–water partition coefficient (Wildman–Crippen LogP) is 8.67. The number of carbonyl (C=O) groups excluding carboxylic acids is 2. The van der Waals surface area contributed by atoms with Crippen molar-refractivity contribution in [1.29, 1.82) is 5.26 Å². The van der Waals surface area contributed by atoms with Crippen LogP contribution in [0.2, 0.25) is 36.3 Å². The third kappa shape index (κ3) is 16.9. The van der Waals surface area contributed by atoms with Gasteiger partial charge in [0, 0.05) is 13.3 Å². The van der Waals surface area contributed by atoms with E-state index in [0.29, 0.717) is 12.8 Å². The molecular weight excluding hydrogens is 577 g/mol. The van der Waals surface area contributed by atoms with Crippen LogP contribution in [0.25, 0.3) is 0 Å². The highest BCUT2D eigenvalue weighted by Gasteiger charge is 2.41. The number of hydrogen-bond donors (Lipinski definition) is 0. The van der Waals surface area contributed by atoms with E-state index in [1.807, 2.05) is 47.8 Å². The maximum absolute atomic E-state index is 11.9. The van der Waals surface area contributed by atoms with Crippen LogP contribution in [-0.4, -0.2) is 68.3 Å². The average molecular weight is 645 g/mol. The van der Waals surface area contributed by atoms with Crippen LogP contribution in [0.5, 0.6) is 0 Å². The summed E-state index contributed by atoms with van der Waals surface area (Å²) in [5.41, 5.74) is 0. The van der Waals surface area contributed by atoms with Gasteiger partial charge in [-0.3, -0.25) is 14.6 Å². The van der Waals surface area contributed by atoms with Crippen molar-refractivity contribution in [3.8, 4) is 6.07 Å². The first kappa shape index (κ1) is 45.9. The number of aliphatic imine (C=N–C) groups is 1. The van der Waals surface area contributed by atoms with Crippen molar-refractivity contribution >= 4 is 34.8 Å². The molecule has 0 aromatic heterocycles. The molecule has 0 saturated carbocycles. The topological polar surface area (TPSA) is 107 Å². The van der Waals surface area contributed by atoms with E-state index < -0.39 is 22.7 Å². The van der Waals surface area contributed by atoms with E-state index in [9.17, 15) is 14.9 Å². The third-order valence-electron chi connectivity index (χ3n) is 8.53. The van der Waals surface area contributed by atoms with Crippen molar-refractivity contribution in [2.45, 2.75) is 144 Å². The molecule has 0 aliphatic heterocycles. The average Bonchev–Trinajstić information content (AvgIpc) is 2.88. The van der Waals surface area contributed by atoms with Gasteiger partial charge in [-0.05, 0) is 60.9 Å². The molecule has 4 atom stereocenters. The maximum Gasteiger partial charge on any atom is 0.309 e. The molecule has 43 heavy (non-hydrogen) atoms. The molecule has 0 fully saturated rings. The summed E-state index contributed by atoms with van der Waals surface area (Å²) in [5, 5.41) is 9.51. The van der Waals surface area contributed by atoms with Gasteiger partial charge in [0.25, 0.3) is 0 Å². The molecule has 0 aliphatic rings. The van der Waals surface area contributed by atoms with Gasteiger partial charge in [0.05, 0.1) is 38.2 Å². The smallest absolute Gasteiger partial charge is 0.309 e. The molecule has 0 aliphatic carbocycles. The number of nitrogens with zero attached hydrogens (tertiary/aromatic N) is 2. The summed E-state index contributed by atoms with van der Waals surface area (Å²) in [6.45, 7) is 33.7. The Labute approximate surface area is 268 Å². The zero-order valence-electron chi connectivity index (χ0n) is 31.3. The number of methoxy groups -OCH3 is 2. The Hall–Kier alpha value is -1.55. The van der Waals surface area contributed by atoms with Gasteiger partial charge in [0.2, 0.25) is 0 Å². The zero-order chi connectivity index (χ0) is 35.0. The Morgan fingerprint density at radius 1 is 0.767 bits per heavy atom. The lowest BCUT2D eigenvalue weighted by Crippen LogP contribution is -2.45. The quantitative estimate of drug-likeness (QED) is 0.112. The molecule has 0 bridgehead atoms. The lowest BCUT2D eigenvalue weighted by Gasteiger charge is -2.39. The van der Waals surface area contributed by atoms with Crippen LogP contribution >= 0.6 is 0 Å². The number of rotatable bonds is 13. The Kier molecular flexibility index (Phi) is 21.8. The fraction of sp³-hybridized carbons (Fsp3) is 0.879. The van der Waals surface area contributed by atoms with Gasteiger partial charge in [-0.15, -0.1) is 0 Å². The van der Waals surface area contributed by atoms with Crippen molar-refractivity contribution in [2.24, 2.45) is 28.7 Å². The minimum Gasteiger partial charge on any atom is -0.469 e. The summed E-state index contributed by atoms with van der Waals surface area (Å²) in [5.74, 6) is -0.552. The van der Waals surface area contributed by atoms with Crippen molar-refractivity contribution < 1.29 is 27.9 Å². The largest absolute Gasteiger partial charge is 0.469 e. The predicted molar refractivity (Wildman–Crippen MR) is 185 cm³/mol. The van der Waals surface area contributed by atoms with Crippen LogP contribution < -0.4 is 0 Å². The van der Waals surface area contributed by atoms with E-state index in [4.69, 9.17) is 18.3 Å². The van der Waals surface area contributed by atoms with Gasteiger partial charge >= 0.3 is 11.9 Å². The molecule has 0 N–H and O–H groups in total. The zero-order valence-corrected chi connectivity index (χ0v) is 33.3. The first-order valence-corrected chi connectivity index (χ1v) is 21.6. The van der Waals surface area contributed by atoms with Crippen LogP contribution in [0.15, 0.2) is 4.99 Å². The van der Waals surface area contributed by atoms with Crippen LogP contribution in [0.3, 0.4) is 0 Å². The molecule has 0 saturated heterocycles. The molecule has 0 unspecified atom stereocenters. The minimum atomic E-state index is -2.01. The third-order valence-corrected chi connectivity index (χ3v) is 17.5. The van der Waals surface area contributed by atoms with Gasteiger partial charge in [-0.2, -0.15) is 5.26 Å². The summed E-state index contributed by atoms with van der Waals surface area (Å²) in [6, 6.07) is 2.20. The van der Waals surface area contributed by atoms with Gasteiger partial charge in [-0.25, -0.2) is 0 Å². The molecule has 0 spiro atoms. The molecule has 10 heteroatoms. The molecule has 0 amide bonds. The fourth-order valence-corrected chi connectivity index (χ4v) is 6.07. The second-order valence-corrected chi connectivity index (χ2v) is 24.1. The van der Waals surface area contributed by atoms with Crippen molar-refractivity contribution in [3.05, 3.63) is 0 Å². The first-order valence-electron chi connectivity index (χ1n) is 15.8. The highest BCUT2D eigenvalue weighted by Crippen LogP contribution is 2.39. The van der Waals surface area contributed by atoms with E-state index in [2.05, 4.69) is 78.8 Å². The maximum atomic E-state index is 11.9. The van der Waals surface area contributed by atoms with E-state index >= 15 is 0 Å². The molecular formula is C33H68N2O6Si2. The molecule has 0 rings (SSSR count). The van der Waals surface area contributed by atoms with Crippen molar-refractivity contribution in [2.75, 3.05) is 21.3 Å². The van der Waals surface area contributed by atoms with Gasteiger partial charge in [-0.1, -0.05) is 83.1 Å². The molecule has 254 valence electrons. The summed E-state index contributed by atoms with van der Waals surface area (Å²) in [4.78, 5) is 27.9. The second kappa shape index (κ2) is 20.5. The second-order valence-electron chi connectivity index (χ2n) is 14.5. The van der Waals surface area contributed by atoms with Crippen LogP contribution in [0.1, 0.15) is 95.9 Å². The standard InChI is InChI=1S/C16H33NO3Si.C15H29NO3Si.C2H6/c1-12(2)14(15(18)19-7)10-13(11-17-6)20-21(8,9)16(3,4)5;1-11(2)13(14(17)18-6)9-12(10-16)19-20(7,8)15(3,4)5;1-2/h11-14H,10H2,1-9H3;11-13H,9H2,1-8H3;1-2H3/t13-,14-;12-,13-;/m00./s1. The molecule has 0 radical (unpaired) electrons. The van der Waals surface area contributed by atoms with Gasteiger partial charge in [0.1, 0.15) is 6.10 Å². The Morgan fingerprint density at radius 3 is 1.40 bits per heavy atom. The number of nitriles is 1. The number of esters is 2. The number of ether oxygens (including phenoxy) is 2. The summed E-state index contributed by atoms with van der Waals surface area (Å²) in [7, 11) is 0.658. The number of carbonyl (C=O) groups is 2. The van der Waals surface area contributed by atoms with Gasteiger partial charge in [0.15, 0.2) is 16.6 Å². The Morgan fingerprint density at radius 2 is 1.12 bits per heavy atom. The Bertz CT molecular complexity index is 868. The minimum absolute atomic E-state index is 0.0424. The monoisotopic (exact) mass is 644 g/mol. The summed E-state index contributed by atoms with van der Waals surface area (Å²) >= 11 is 0. The Balaban J connectivity index is -0.000000704. The lowest BCUT2D eigenvalue weighted by molar-refractivity contribution is -0.148. The lowest BCUT2D eigenvalue weighted by atomic mass is 9.90.